The Morgan fingerprint density at radius 2 is 1.81 bits per heavy atom. The molecule has 27 heavy (non-hydrogen) atoms. The SMILES string of the molecule is CSc1cccc(N2C(=O)N(Cc3ccc(F)cc3)C3CS(=O)(=O)CC32)c1. The van der Waals surface area contributed by atoms with Crippen LogP contribution in [-0.2, 0) is 16.4 Å². The molecular formula is C19H19FN2O3S2. The maximum absolute atomic E-state index is 13.2. The number of thioether (sulfide) groups is 1. The van der Waals surface area contributed by atoms with Crippen molar-refractivity contribution in [3.05, 3.63) is 59.9 Å². The lowest BCUT2D eigenvalue weighted by Gasteiger charge is -2.23. The first-order valence-corrected chi connectivity index (χ1v) is 11.6. The normalized spacial score (nSPS) is 23.7. The summed E-state index contributed by atoms with van der Waals surface area (Å²) in [6.45, 7) is 0.258. The minimum atomic E-state index is -3.22. The zero-order valence-corrected chi connectivity index (χ0v) is 16.3. The minimum absolute atomic E-state index is 0.0349. The lowest BCUT2D eigenvalue weighted by Crippen LogP contribution is -2.37. The van der Waals surface area contributed by atoms with Gasteiger partial charge in [-0.2, -0.15) is 0 Å². The lowest BCUT2D eigenvalue weighted by atomic mass is 10.1. The average molecular weight is 407 g/mol. The molecule has 8 heteroatoms. The highest BCUT2D eigenvalue weighted by Gasteiger charge is 2.53. The van der Waals surface area contributed by atoms with Crippen LogP contribution in [0.1, 0.15) is 5.56 Å². The number of halogens is 1. The molecule has 2 atom stereocenters. The molecule has 2 aromatic carbocycles. The second-order valence-corrected chi connectivity index (χ2v) is 9.85. The van der Waals surface area contributed by atoms with E-state index in [-0.39, 0.29) is 29.9 Å². The van der Waals surface area contributed by atoms with Crippen molar-refractivity contribution in [2.75, 3.05) is 22.7 Å². The number of nitrogens with zero attached hydrogens (tertiary/aromatic N) is 2. The van der Waals surface area contributed by atoms with E-state index in [1.165, 1.54) is 12.1 Å². The topological polar surface area (TPSA) is 57.7 Å². The summed E-state index contributed by atoms with van der Waals surface area (Å²) in [6.07, 6.45) is 1.95. The molecule has 0 spiro atoms. The predicted molar refractivity (Wildman–Crippen MR) is 104 cm³/mol. The van der Waals surface area contributed by atoms with Crippen molar-refractivity contribution >= 4 is 33.3 Å². The van der Waals surface area contributed by atoms with E-state index in [9.17, 15) is 17.6 Å². The number of hydrogen-bond acceptors (Lipinski definition) is 4. The Bertz CT molecular complexity index is 979. The number of anilines is 1. The highest BCUT2D eigenvalue weighted by Crippen LogP contribution is 2.36. The number of urea groups is 1. The zero-order valence-electron chi connectivity index (χ0n) is 14.7. The average Bonchev–Trinajstić information content (AvgIpc) is 3.07. The fraction of sp³-hybridized carbons (Fsp3) is 0.316. The van der Waals surface area contributed by atoms with Gasteiger partial charge in [-0.3, -0.25) is 4.90 Å². The van der Waals surface area contributed by atoms with E-state index in [0.717, 1.165) is 10.5 Å². The summed E-state index contributed by atoms with van der Waals surface area (Å²) in [4.78, 5) is 17.4. The summed E-state index contributed by atoms with van der Waals surface area (Å²) < 4.78 is 37.7. The standard InChI is InChI=1S/C19H19FN2O3S2/c1-26-16-4-2-3-15(9-16)22-18-12-27(24,25)11-17(18)21(19(22)23)10-13-5-7-14(20)8-6-13/h2-9,17-18H,10-12H2,1H3. The quantitative estimate of drug-likeness (QED) is 0.578. The molecule has 142 valence electrons. The summed E-state index contributed by atoms with van der Waals surface area (Å²) in [7, 11) is -3.22. The third-order valence-corrected chi connectivity index (χ3v) is 7.50. The summed E-state index contributed by atoms with van der Waals surface area (Å²) >= 11 is 1.57. The number of sulfone groups is 1. The fourth-order valence-corrected chi connectivity index (χ4v) is 6.21. The molecule has 2 aliphatic rings. The molecule has 0 N–H and O–H groups in total. The monoisotopic (exact) mass is 406 g/mol. The molecule has 2 aromatic rings. The molecule has 2 unspecified atom stereocenters. The number of carbonyl (C=O) groups is 1. The summed E-state index contributed by atoms with van der Waals surface area (Å²) in [6, 6.07) is 12.5. The Balaban J connectivity index is 1.70. The van der Waals surface area contributed by atoms with Gasteiger partial charge in [-0.1, -0.05) is 18.2 Å². The molecule has 0 bridgehead atoms. The van der Waals surface area contributed by atoms with E-state index in [2.05, 4.69) is 0 Å². The van der Waals surface area contributed by atoms with Crippen LogP contribution in [0.25, 0.3) is 0 Å². The van der Waals surface area contributed by atoms with Crippen LogP contribution < -0.4 is 4.90 Å². The Labute approximate surface area is 162 Å². The van der Waals surface area contributed by atoms with E-state index in [4.69, 9.17) is 0 Å². The van der Waals surface area contributed by atoms with Crippen molar-refractivity contribution < 1.29 is 17.6 Å². The van der Waals surface area contributed by atoms with Crippen molar-refractivity contribution in [1.82, 2.24) is 4.90 Å². The van der Waals surface area contributed by atoms with Crippen LogP contribution in [0.4, 0.5) is 14.9 Å². The van der Waals surface area contributed by atoms with Crippen LogP contribution in [0.5, 0.6) is 0 Å². The predicted octanol–water partition coefficient (Wildman–Crippen LogP) is 3.16. The number of fused-ring (bicyclic) bond motifs is 1. The molecule has 0 saturated carbocycles. The van der Waals surface area contributed by atoms with Crippen molar-refractivity contribution in [3.63, 3.8) is 0 Å². The number of rotatable bonds is 4. The maximum atomic E-state index is 13.2. The highest BCUT2D eigenvalue weighted by molar-refractivity contribution is 7.98. The smallest absolute Gasteiger partial charge is 0.314 e. The Morgan fingerprint density at radius 3 is 2.52 bits per heavy atom. The van der Waals surface area contributed by atoms with Gasteiger partial charge in [-0.15, -0.1) is 11.8 Å². The highest BCUT2D eigenvalue weighted by atomic mass is 32.2. The summed E-state index contributed by atoms with van der Waals surface area (Å²) in [5.74, 6) is -0.417. The van der Waals surface area contributed by atoms with Gasteiger partial charge >= 0.3 is 6.03 Å². The van der Waals surface area contributed by atoms with Crippen LogP contribution >= 0.6 is 11.8 Å². The van der Waals surface area contributed by atoms with E-state index >= 15 is 0 Å². The van der Waals surface area contributed by atoms with Crippen LogP contribution in [0, 0.1) is 5.82 Å². The van der Waals surface area contributed by atoms with Crippen molar-refractivity contribution in [3.8, 4) is 0 Å². The molecule has 0 aromatic heterocycles. The Kier molecular flexibility index (Phi) is 4.63. The summed E-state index contributed by atoms with van der Waals surface area (Å²) in [5, 5.41) is 0. The van der Waals surface area contributed by atoms with Gasteiger partial charge in [0.1, 0.15) is 5.82 Å². The molecular weight excluding hydrogens is 387 g/mol. The van der Waals surface area contributed by atoms with Gasteiger partial charge in [0, 0.05) is 17.1 Å². The van der Waals surface area contributed by atoms with Gasteiger partial charge in [0.25, 0.3) is 0 Å². The van der Waals surface area contributed by atoms with Crippen molar-refractivity contribution in [1.29, 1.82) is 0 Å². The summed E-state index contributed by atoms with van der Waals surface area (Å²) in [5.41, 5.74) is 1.48. The zero-order chi connectivity index (χ0) is 19.2. The van der Waals surface area contributed by atoms with Gasteiger partial charge in [-0.05, 0) is 42.2 Å². The van der Waals surface area contributed by atoms with Crippen molar-refractivity contribution in [2.45, 2.75) is 23.5 Å². The van der Waals surface area contributed by atoms with Gasteiger partial charge in [0.2, 0.25) is 0 Å². The third kappa shape index (κ3) is 3.43. The van der Waals surface area contributed by atoms with Gasteiger partial charge in [0.05, 0.1) is 23.6 Å². The first kappa shape index (κ1) is 18.3. The molecule has 2 fully saturated rings. The van der Waals surface area contributed by atoms with E-state index in [1.54, 1.807) is 33.7 Å². The molecule has 2 heterocycles. The third-order valence-electron chi connectivity index (χ3n) is 5.07. The second-order valence-electron chi connectivity index (χ2n) is 6.82. The number of amides is 2. The Hall–Kier alpha value is -2.06. The Morgan fingerprint density at radius 1 is 1.11 bits per heavy atom. The number of benzene rings is 2. The van der Waals surface area contributed by atoms with Crippen LogP contribution in [0.2, 0.25) is 0 Å². The van der Waals surface area contributed by atoms with E-state index in [1.807, 2.05) is 30.5 Å². The number of carbonyl (C=O) groups excluding carboxylic acids is 1. The molecule has 2 aliphatic heterocycles. The number of hydrogen-bond donors (Lipinski definition) is 0. The first-order chi connectivity index (χ1) is 12.9. The molecule has 5 nitrogen and oxygen atoms in total. The van der Waals surface area contributed by atoms with Gasteiger partial charge in [-0.25, -0.2) is 17.6 Å². The van der Waals surface area contributed by atoms with Crippen LogP contribution in [0.3, 0.4) is 0 Å². The van der Waals surface area contributed by atoms with Gasteiger partial charge in [0.15, 0.2) is 9.84 Å². The molecule has 2 amide bonds. The fourth-order valence-electron chi connectivity index (χ4n) is 3.81. The molecule has 0 aliphatic carbocycles. The van der Waals surface area contributed by atoms with Gasteiger partial charge < -0.3 is 4.90 Å². The van der Waals surface area contributed by atoms with Crippen LogP contribution in [-0.4, -0.2) is 49.2 Å². The van der Waals surface area contributed by atoms with E-state index < -0.39 is 21.9 Å². The van der Waals surface area contributed by atoms with Crippen LogP contribution in [0.15, 0.2) is 53.4 Å². The minimum Gasteiger partial charge on any atom is -0.314 e. The molecule has 2 saturated heterocycles. The van der Waals surface area contributed by atoms with E-state index in [0.29, 0.717) is 5.69 Å². The van der Waals surface area contributed by atoms with Crippen molar-refractivity contribution in [2.24, 2.45) is 0 Å². The molecule has 4 rings (SSSR count). The maximum Gasteiger partial charge on any atom is 0.325 e. The second kappa shape index (κ2) is 6.83. The molecule has 0 radical (unpaired) electrons. The largest absolute Gasteiger partial charge is 0.325 e. The first-order valence-electron chi connectivity index (χ1n) is 8.57. The lowest BCUT2D eigenvalue weighted by molar-refractivity contribution is 0.206.